The highest BCUT2D eigenvalue weighted by Crippen LogP contribution is 2.26. The second kappa shape index (κ2) is 7.92. The van der Waals surface area contributed by atoms with Crippen LogP contribution < -0.4 is 10.1 Å². The van der Waals surface area contributed by atoms with E-state index in [4.69, 9.17) is 4.74 Å². The van der Waals surface area contributed by atoms with Crippen molar-refractivity contribution in [2.45, 2.75) is 13.5 Å². The lowest BCUT2D eigenvalue weighted by Gasteiger charge is -2.04. The highest BCUT2D eigenvalue weighted by Gasteiger charge is 2.15. The van der Waals surface area contributed by atoms with E-state index in [9.17, 15) is 13.2 Å². The number of rotatable bonds is 6. The Morgan fingerprint density at radius 1 is 1.16 bits per heavy atom. The van der Waals surface area contributed by atoms with Crippen LogP contribution in [0, 0.1) is 6.92 Å². The Morgan fingerprint density at radius 3 is 2.65 bits per heavy atom. The molecule has 4 aromatic rings. The number of ether oxygens (including phenoxy) is 1. The smallest absolute Gasteiger partial charge is 0.253 e. The standard InChI is InChI=1S/C22H22N4O4S/c1-14-9-17(13-26(14)31(3,28)29)22(27)23-12-21-24-19-8-7-16(11-20(19)25-21)15-5-4-6-18(10-15)30-2/h4-11,13H,12H2,1-3H3,(H,23,27)(H,24,25). The lowest BCUT2D eigenvalue weighted by atomic mass is 10.1. The Kier molecular flexibility index (Phi) is 5.28. The molecule has 2 aromatic carbocycles. The number of hydrogen-bond donors (Lipinski definition) is 2. The molecule has 0 saturated carbocycles. The van der Waals surface area contributed by atoms with Crippen LogP contribution in [0.4, 0.5) is 0 Å². The Balaban J connectivity index is 1.51. The third-order valence-electron chi connectivity index (χ3n) is 4.94. The molecule has 0 unspecified atom stereocenters. The van der Waals surface area contributed by atoms with E-state index in [1.807, 2.05) is 42.5 Å². The van der Waals surface area contributed by atoms with E-state index in [2.05, 4.69) is 15.3 Å². The van der Waals surface area contributed by atoms with Crippen molar-refractivity contribution >= 4 is 27.0 Å². The van der Waals surface area contributed by atoms with Crippen molar-refractivity contribution in [1.29, 1.82) is 0 Å². The number of aromatic amines is 1. The number of imidazole rings is 1. The summed E-state index contributed by atoms with van der Waals surface area (Å²) >= 11 is 0. The number of carbonyl (C=O) groups excluding carboxylic acids is 1. The van der Waals surface area contributed by atoms with Gasteiger partial charge in [0.15, 0.2) is 0 Å². The number of aromatic nitrogens is 3. The Bertz CT molecular complexity index is 1390. The van der Waals surface area contributed by atoms with Crippen molar-refractivity contribution < 1.29 is 17.9 Å². The summed E-state index contributed by atoms with van der Waals surface area (Å²) in [5.41, 5.74) is 4.43. The molecule has 0 spiro atoms. The number of hydrogen-bond acceptors (Lipinski definition) is 5. The zero-order chi connectivity index (χ0) is 22.2. The summed E-state index contributed by atoms with van der Waals surface area (Å²) < 4.78 is 29.9. The van der Waals surface area contributed by atoms with Crippen molar-refractivity contribution in [2.24, 2.45) is 0 Å². The van der Waals surface area contributed by atoms with Crippen LogP contribution in [-0.4, -0.2) is 41.6 Å². The molecule has 31 heavy (non-hydrogen) atoms. The minimum Gasteiger partial charge on any atom is -0.497 e. The number of H-pyrrole nitrogens is 1. The van der Waals surface area contributed by atoms with E-state index in [0.29, 0.717) is 11.5 Å². The average Bonchev–Trinajstić information content (AvgIpc) is 3.34. The topological polar surface area (TPSA) is 106 Å². The van der Waals surface area contributed by atoms with Crippen molar-refractivity contribution in [1.82, 2.24) is 19.3 Å². The minimum atomic E-state index is -3.45. The van der Waals surface area contributed by atoms with Gasteiger partial charge in [-0.05, 0) is 48.4 Å². The predicted molar refractivity (Wildman–Crippen MR) is 119 cm³/mol. The summed E-state index contributed by atoms with van der Waals surface area (Å²) in [6.45, 7) is 1.82. The van der Waals surface area contributed by atoms with Crippen LogP contribution in [0.25, 0.3) is 22.2 Å². The zero-order valence-electron chi connectivity index (χ0n) is 17.3. The van der Waals surface area contributed by atoms with Crippen LogP contribution >= 0.6 is 0 Å². The fourth-order valence-electron chi connectivity index (χ4n) is 3.43. The van der Waals surface area contributed by atoms with E-state index in [0.717, 1.165) is 38.1 Å². The molecule has 2 N–H and O–H groups in total. The highest BCUT2D eigenvalue weighted by atomic mass is 32.2. The number of fused-ring (bicyclic) bond motifs is 1. The van der Waals surface area contributed by atoms with E-state index in [1.165, 1.54) is 12.3 Å². The number of methoxy groups -OCH3 is 1. The van der Waals surface area contributed by atoms with Crippen LogP contribution in [0.2, 0.25) is 0 Å². The monoisotopic (exact) mass is 438 g/mol. The maximum atomic E-state index is 12.5. The molecule has 0 aliphatic rings. The fourth-order valence-corrected chi connectivity index (χ4v) is 4.31. The third-order valence-corrected chi connectivity index (χ3v) is 6.05. The van der Waals surface area contributed by atoms with Crippen LogP contribution in [0.15, 0.2) is 54.7 Å². The summed E-state index contributed by atoms with van der Waals surface area (Å²) in [6.07, 6.45) is 2.41. The van der Waals surface area contributed by atoms with Gasteiger partial charge in [-0.2, -0.15) is 0 Å². The number of nitrogens with one attached hydrogen (secondary N) is 2. The van der Waals surface area contributed by atoms with E-state index >= 15 is 0 Å². The molecule has 0 aliphatic heterocycles. The van der Waals surface area contributed by atoms with E-state index in [-0.39, 0.29) is 18.0 Å². The second-order valence-electron chi connectivity index (χ2n) is 7.26. The fraction of sp³-hybridized carbons (Fsp3) is 0.182. The molecular formula is C22H22N4O4S. The van der Waals surface area contributed by atoms with Crippen LogP contribution in [0.3, 0.4) is 0 Å². The largest absolute Gasteiger partial charge is 0.497 e. The summed E-state index contributed by atoms with van der Waals surface area (Å²) in [7, 11) is -1.82. The van der Waals surface area contributed by atoms with Gasteiger partial charge in [0, 0.05) is 11.9 Å². The van der Waals surface area contributed by atoms with Gasteiger partial charge in [-0.3, -0.25) is 4.79 Å². The minimum absolute atomic E-state index is 0.186. The summed E-state index contributed by atoms with van der Waals surface area (Å²) in [5.74, 6) is 1.01. The molecule has 0 bridgehead atoms. The van der Waals surface area contributed by atoms with Crippen molar-refractivity contribution in [3.8, 4) is 16.9 Å². The van der Waals surface area contributed by atoms with Crippen molar-refractivity contribution in [3.63, 3.8) is 0 Å². The lowest BCUT2D eigenvalue weighted by Crippen LogP contribution is -2.23. The van der Waals surface area contributed by atoms with E-state index < -0.39 is 10.0 Å². The van der Waals surface area contributed by atoms with Gasteiger partial charge in [0.2, 0.25) is 10.0 Å². The molecule has 0 aliphatic carbocycles. The first kappa shape index (κ1) is 20.7. The third kappa shape index (κ3) is 4.31. The SMILES string of the molecule is COc1cccc(-c2ccc3nc(CNC(=O)c4cc(C)n(S(C)(=O)=O)c4)[nH]c3c2)c1. The maximum absolute atomic E-state index is 12.5. The first-order valence-corrected chi connectivity index (χ1v) is 11.4. The molecular weight excluding hydrogens is 416 g/mol. The maximum Gasteiger partial charge on any atom is 0.253 e. The van der Waals surface area contributed by atoms with Gasteiger partial charge in [0.25, 0.3) is 5.91 Å². The molecule has 160 valence electrons. The highest BCUT2D eigenvalue weighted by molar-refractivity contribution is 7.89. The number of carbonyl (C=O) groups is 1. The molecule has 2 aromatic heterocycles. The van der Waals surface area contributed by atoms with Gasteiger partial charge in [0.1, 0.15) is 11.6 Å². The number of amides is 1. The molecule has 2 heterocycles. The molecule has 0 atom stereocenters. The Morgan fingerprint density at radius 2 is 1.94 bits per heavy atom. The molecule has 0 radical (unpaired) electrons. The molecule has 9 heteroatoms. The Labute approximate surface area is 179 Å². The first-order chi connectivity index (χ1) is 14.7. The van der Waals surface area contributed by atoms with E-state index in [1.54, 1.807) is 14.0 Å². The average molecular weight is 439 g/mol. The van der Waals surface area contributed by atoms with Gasteiger partial charge in [-0.1, -0.05) is 18.2 Å². The Hall–Kier alpha value is -3.59. The molecule has 1 amide bonds. The van der Waals surface area contributed by atoms with Crippen LogP contribution in [-0.2, 0) is 16.6 Å². The number of nitrogens with zero attached hydrogens (tertiary/aromatic N) is 2. The quantitative estimate of drug-likeness (QED) is 0.481. The number of aryl methyl sites for hydroxylation is 1. The van der Waals surface area contributed by atoms with Crippen molar-refractivity contribution in [3.05, 3.63) is 71.8 Å². The predicted octanol–water partition coefficient (Wildman–Crippen LogP) is 3.09. The summed E-state index contributed by atoms with van der Waals surface area (Å²) in [5, 5.41) is 2.77. The summed E-state index contributed by atoms with van der Waals surface area (Å²) in [6, 6.07) is 15.2. The van der Waals surface area contributed by atoms with Gasteiger partial charge < -0.3 is 15.0 Å². The summed E-state index contributed by atoms with van der Waals surface area (Å²) in [4.78, 5) is 20.2. The van der Waals surface area contributed by atoms with Gasteiger partial charge >= 0.3 is 0 Å². The molecule has 4 rings (SSSR count). The second-order valence-corrected chi connectivity index (χ2v) is 9.12. The first-order valence-electron chi connectivity index (χ1n) is 9.55. The lowest BCUT2D eigenvalue weighted by molar-refractivity contribution is 0.0950. The van der Waals surface area contributed by atoms with Gasteiger partial charge in [-0.15, -0.1) is 0 Å². The van der Waals surface area contributed by atoms with Gasteiger partial charge in [-0.25, -0.2) is 17.4 Å². The molecule has 0 fully saturated rings. The zero-order valence-corrected chi connectivity index (χ0v) is 18.2. The molecule has 8 nitrogen and oxygen atoms in total. The normalized spacial score (nSPS) is 11.6. The van der Waals surface area contributed by atoms with Crippen molar-refractivity contribution in [2.75, 3.05) is 13.4 Å². The van der Waals surface area contributed by atoms with Crippen LogP contribution in [0.5, 0.6) is 5.75 Å². The van der Waals surface area contributed by atoms with Crippen LogP contribution in [0.1, 0.15) is 21.9 Å². The molecule has 0 saturated heterocycles. The number of benzene rings is 2. The van der Waals surface area contributed by atoms with Gasteiger partial charge in [0.05, 0.1) is 36.5 Å².